The van der Waals surface area contributed by atoms with Crippen molar-refractivity contribution in [3.8, 4) is 23.3 Å². The Balaban J connectivity index is 1.59. The lowest BCUT2D eigenvalue weighted by Gasteiger charge is -2.07. The highest BCUT2D eigenvalue weighted by Crippen LogP contribution is 2.23. The second kappa shape index (κ2) is 9.76. The van der Waals surface area contributed by atoms with Crippen LogP contribution in [0, 0.1) is 18.3 Å². The molecule has 4 rings (SSSR count). The minimum atomic E-state index is -0.664. The Bertz CT molecular complexity index is 1460. The van der Waals surface area contributed by atoms with Crippen molar-refractivity contribution in [3.05, 3.63) is 112 Å². The van der Waals surface area contributed by atoms with Gasteiger partial charge in [-0.15, -0.1) is 0 Å². The quantitative estimate of drug-likeness (QED) is 0.337. The Morgan fingerprint density at radius 2 is 1.62 bits per heavy atom. The van der Waals surface area contributed by atoms with Gasteiger partial charge in [0.15, 0.2) is 0 Å². The van der Waals surface area contributed by atoms with E-state index in [9.17, 15) is 14.9 Å². The molecule has 0 radical (unpaired) electrons. The molecule has 1 heterocycles. The van der Waals surface area contributed by atoms with Crippen molar-refractivity contribution in [2.75, 3.05) is 5.32 Å². The van der Waals surface area contributed by atoms with Crippen LogP contribution in [0.2, 0.25) is 0 Å². The second-order valence-corrected chi connectivity index (χ2v) is 7.55. The van der Waals surface area contributed by atoms with Crippen LogP contribution < -0.4 is 15.6 Å². The second-order valence-electron chi connectivity index (χ2n) is 7.55. The van der Waals surface area contributed by atoms with Crippen molar-refractivity contribution in [3.63, 3.8) is 0 Å². The number of rotatable bonds is 6. The van der Waals surface area contributed by atoms with E-state index in [2.05, 4.69) is 5.32 Å². The highest BCUT2D eigenvalue weighted by Gasteiger charge is 2.20. The normalized spacial score (nSPS) is 11.0. The summed E-state index contributed by atoms with van der Waals surface area (Å²) in [7, 11) is 1.73. The third kappa shape index (κ3) is 4.66. The van der Waals surface area contributed by atoms with Gasteiger partial charge in [-0.05, 0) is 55.0 Å². The van der Waals surface area contributed by atoms with Gasteiger partial charge in [-0.3, -0.25) is 14.3 Å². The highest BCUT2D eigenvalue weighted by atomic mass is 16.5. The molecule has 0 bridgehead atoms. The molecule has 1 amide bonds. The molecule has 1 aromatic heterocycles. The van der Waals surface area contributed by atoms with Crippen LogP contribution in [0.25, 0.3) is 11.8 Å². The summed E-state index contributed by atoms with van der Waals surface area (Å²) >= 11 is 0. The average Bonchev–Trinajstić information content (AvgIpc) is 3.06. The fourth-order valence-corrected chi connectivity index (χ4v) is 3.50. The van der Waals surface area contributed by atoms with Gasteiger partial charge in [0.25, 0.3) is 11.5 Å². The van der Waals surface area contributed by atoms with Gasteiger partial charge >= 0.3 is 0 Å². The largest absolute Gasteiger partial charge is 0.457 e. The van der Waals surface area contributed by atoms with E-state index in [1.165, 1.54) is 10.8 Å². The number of nitrogens with zero attached hydrogens (tertiary/aromatic N) is 3. The summed E-state index contributed by atoms with van der Waals surface area (Å²) in [5.41, 5.74) is 1.47. The molecule has 7 nitrogen and oxygen atoms in total. The maximum Gasteiger partial charge on any atom is 0.295 e. The van der Waals surface area contributed by atoms with Gasteiger partial charge in [0.05, 0.1) is 11.4 Å². The van der Waals surface area contributed by atoms with Crippen LogP contribution in [0.1, 0.15) is 11.3 Å². The number of para-hydroxylation sites is 2. The third-order valence-electron chi connectivity index (χ3n) is 5.31. The smallest absolute Gasteiger partial charge is 0.295 e. The molecule has 1 N–H and O–H groups in total. The first-order valence-corrected chi connectivity index (χ1v) is 10.6. The first kappa shape index (κ1) is 22.4. The number of carbonyl (C=O) groups is 1. The van der Waals surface area contributed by atoms with E-state index in [1.807, 2.05) is 54.6 Å². The van der Waals surface area contributed by atoms with Gasteiger partial charge in [-0.25, -0.2) is 4.68 Å². The van der Waals surface area contributed by atoms with E-state index >= 15 is 0 Å². The van der Waals surface area contributed by atoms with Gasteiger partial charge in [0.2, 0.25) is 0 Å². The highest BCUT2D eigenvalue weighted by molar-refractivity contribution is 6.09. The van der Waals surface area contributed by atoms with E-state index in [0.29, 0.717) is 28.4 Å². The van der Waals surface area contributed by atoms with Gasteiger partial charge < -0.3 is 10.1 Å². The molecule has 4 aromatic rings. The van der Waals surface area contributed by atoms with E-state index in [4.69, 9.17) is 4.74 Å². The number of carbonyl (C=O) groups excluding carboxylic acids is 1. The van der Waals surface area contributed by atoms with Crippen molar-refractivity contribution < 1.29 is 9.53 Å². The van der Waals surface area contributed by atoms with Crippen molar-refractivity contribution in [2.24, 2.45) is 7.05 Å². The number of anilines is 1. The van der Waals surface area contributed by atoms with Crippen LogP contribution >= 0.6 is 0 Å². The summed E-state index contributed by atoms with van der Waals surface area (Å²) in [6.45, 7) is 1.73. The minimum absolute atomic E-state index is 0.124. The fraction of sp³-hybridized carbons (Fsp3) is 0.0741. The van der Waals surface area contributed by atoms with Crippen LogP contribution in [0.4, 0.5) is 5.69 Å². The minimum Gasteiger partial charge on any atom is -0.457 e. The Labute approximate surface area is 196 Å². The lowest BCUT2D eigenvalue weighted by molar-refractivity contribution is -0.112. The van der Waals surface area contributed by atoms with E-state index in [0.717, 1.165) is 0 Å². The lowest BCUT2D eigenvalue weighted by Crippen LogP contribution is -2.23. The summed E-state index contributed by atoms with van der Waals surface area (Å²) in [6, 6.07) is 27.4. The topological polar surface area (TPSA) is 89.1 Å². The molecule has 168 valence electrons. The van der Waals surface area contributed by atoms with Gasteiger partial charge in [0, 0.05) is 7.05 Å². The predicted octanol–water partition coefficient (Wildman–Crippen LogP) is 4.82. The van der Waals surface area contributed by atoms with Crippen LogP contribution in [0.5, 0.6) is 11.5 Å². The molecule has 7 heteroatoms. The van der Waals surface area contributed by atoms with Gasteiger partial charge in [-0.1, -0.05) is 48.5 Å². The molecule has 34 heavy (non-hydrogen) atoms. The zero-order valence-corrected chi connectivity index (χ0v) is 18.7. The number of ether oxygens (including phenoxy) is 1. The molecule has 0 aliphatic rings. The summed E-state index contributed by atoms with van der Waals surface area (Å²) in [5.74, 6) is 0.585. The maximum atomic E-state index is 13.0. The van der Waals surface area contributed by atoms with Gasteiger partial charge in [0.1, 0.15) is 28.8 Å². The molecule has 0 fully saturated rings. The predicted molar refractivity (Wildman–Crippen MR) is 131 cm³/mol. The lowest BCUT2D eigenvalue weighted by atomic mass is 10.1. The molecule has 0 aliphatic carbocycles. The van der Waals surface area contributed by atoms with Crippen molar-refractivity contribution in [1.82, 2.24) is 9.36 Å². The van der Waals surface area contributed by atoms with E-state index in [-0.39, 0.29) is 16.8 Å². The fourth-order valence-electron chi connectivity index (χ4n) is 3.50. The zero-order valence-electron chi connectivity index (χ0n) is 18.7. The summed E-state index contributed by atoms with van der Waals surface area (Å²) in [6.07, 6.45) is 1.46. The molecule has 0 saturated heterocycles. The number of aromatic nitrogens is 2. The Morgan fingerprint density at radius 3 is 2.29 bits per heavy atom. The summed E-state index contributed by atoms with van der Waals surface area (Å²) in [5, 5.41) is 12.2. The number of amides is 1. The molecule has 0 unspecified atom stereocenters. The van der Waals surface area contributed by atoms with Crippen molar-refractivity contribution in [1.29, 1.82) is 5.26 Å². The van der Waals surface area contributed by atoms with E-state index < -0.39 is 5.91 Å². The first-order valence-electron chi connectivity index (χ1n) is 10.6. The molecular weight excluding hydrogens is 428 g/mol. The molecule has 0 aliphatic heterocycles. The monoisotopic (exact) mass is 450 g/mol. The first-order chi connectivity index (χ1) is 16.5. The van der Waals surface area contributed by atoms with Crippen LogP contribution in [0.15, 0.2) is 95.3 Å². The maximum absolute atomic E-state index is 13.0. The summed E-state index contributed by atoms with van der Waals surface area (Å²) in [4.78, 5) is 25.9. The van der Waals surface area contributed by atoms with Crippen LogP contribution in [-0.4, -0.2) is 15.3 Å². The number of hydrogen-bond donors (Lipinski definition) is 1. The van der Waals surface area contributed by atoms with Crippen molar-refractivity contribution >= 4 is 17.7 Å². The Morgan fingerprint density at radius 1 is 0.971 bits per heavy atom. The van der Waals surface area contributed by atoms with Gasteiger partial charge in [-0.2, -0.15) is 5.26 Å². The SMILES string of the molecule is Cc1c(NC(=O)C(C#N)=Cc2cccc(Oc3ccccc3)c2)c(=O)n(-c2ccccc2)n1C. The Hall–Kier alpha value is -4.83. The number of nitrogens with one attached hydrogen (secondary N) is 1. The third-order valence-corrected chi connectivity index (χ3v) is 5.31. The number of nitriles is 1. The molecule has 0 atom stereocenters. The van der Waals surface area contributed by atoms with Crippen molar-refractivity contribution in [2.45, 2.75) is 6.92 Å². The molecular formula is C27H22N4O3. The molecule has 3 aromatic carbocycles. The van der Waals surface area contributed by atoms with E-state index in [1.54, 1.807) is 55.1 Å². The summed E-state index contributed by atoms with van der Waals surface area (Å²) < 4.78 is 8.94. The molecule has 0 spiro atoms. The zero-order chi connectivity index (χ0) is 24.1. The molecule has 0 saturated carbocycles. The average molecular weight is 450 g/mol. The number of hydrogen-bond acceptors (Lipinski definition) is 4. The Kier molecular flexibility index (Phi) is 6.42. The number of benzene rings is 3. The van der Waals surface area contributed by atoms with Crippen LogP contribution in [0.3, 0.4) is 0 Å². The van der Waals surface area contributed by atoms with Crippen LogP contribution in [-0.2, 0) is 11.8 Å². The standard InChI is InChI=1S/C27H22N4O3/c1-19-25(27(33)31(30(19)2)22-11-5-3-6-12-22)29-26(32)21(18-28)16-20-10-9-15-24(17-20)34-23-13-7-4-8-14-23/h3-17H,1-2H3,(H,29,32).